The van der Waals surface area contributed by atoms with Gasteiger partial charge in [0.15, 0.2) is 0 Å². The highest BCUT2D eigenvalue weighted by Crippen LogP contribution is 2.23. The Kier molecular flexibility index (Phi) is 4.04. The lowest BCUT2D eigenvalue weighted by molar-refractivity contribution is -0.132. The third-order valence-corrected chi connectivity index (χ3v) is 3.40. The van der Waals surface area contributed by atoms with Gasteiger partial charge in [-0.1, -0.05) is 0 Å². The molecule has 0 radical (unpaired) electrons. The van der Waals surface area contributed by atoms with Crippen LogP contribution < -0.4 is 0 Å². The van der Waals surface area contributed by atoms with Crippen molar-refractivity contribution in [3.05, 3.63) is 24.0 Å². The lowest BCUT2D eigenvalue weighted by Crippen LogP contribution is -2.45. The summed E-state index contributed by atoms with van der Waals surface area (Å²) in [5.41, 5.74) is 1.20. The molecule has 1 aliphatic rings. The lowest BCUT2D eigenvalue weighted by atomic mass is 10.1. The summed E-state index contributed by atoms with van der Waals surface area (Å²) in [5.74, 6) is 0.135. The number of aryl methyl sites for hydroxylation is 1. The minimum Gasteiger partial charge on any atom is -0.378 e. The van der Waals surface area contributed by atoms with E-state index in [-0.39, 0.29) is 11.9 Å². The van der Waals surface area contributed by atoms with Crippen molar-refractivity contribution in [3.63, 3.8) is 0 Å². The molecule has 0 aliphatic carbocycles. The number of nitrogens with zero attached hydrogens (tertiary/aromatic N) is 3. The van der Waals surface area contributed by atoms with Gasteiger partial charge in [0.1, 0.15) is 0 Å². The Hall–Kier alpha value is -1.33. The number of morpholine rings is 1. The molecule has 1 aromatic heterocycles. The molecule has 2 heterocycles. The molecule has 1 fully saturated rings. The Labute approximate surface area is 108 Å². The Balaban J connectivity index is 2.11. The van der Waals surface area contributed by atoms with Crippen molar-refractivity contribution in [1.82, 2.24) is 14.4 Å². The lowest BCUT2D eigenvalue weighted by Gasteiger charge is -2.35. The second kappa shape index (κ2) is 5.54. The molecule has 1 atom stereocenters. The third kappa shape index (κ3) is 2.73. The maximum Gasteiger partial charge on any atom is 0.236 e. The summed E-state index contributed by atoms with van der Waals surface area (Å²) in [6.45, 7) is 2.60. The van der Waals surface area contributed by atoms with E-state index < -0.39 is 0 Å². The van der Waals surface area contributed by atoms with Gasteiger partial charge in [-0.2, -0.15) is 0 Å². The second-order valence-electron chi connectivity index (χ2n) is 4.89. The molecule has 2 rings (SSSR count). The van der Waals surface area contributed by atoms with Gasteiger partial charge in [0.2, 0.25) is 5.91 Å². The fourth-order valence-electron chi connectivity index (χ4n) is 2.24. The Morgan fingerprint density at radius 2 is 2.33 bits per heavy atom. The van der Waals surface area contributed by atoms with Crippen LogP contribution in [0.2, 0.25) is 0 Å². The van der Waals surface area contributed by atoms with Gasteiger partial charge in [-0.3, -0.25) is 9.69 Å². The van der Waals surface area contributed by atoms with Crippen LogP contribution in [-0.4, -0.2) is 60.7 Å². The molecular weight excluding hydrogens is 230 g/mol. The summed E-state index contributed by atoms with van der Waals surface area (Å²) >= 11 is 0. The predicted octanol–water partition coefficient (Wildman–Crippen LogP) is 0.487. The van der Waals surface area contributed by atoms with Gasteiger partial charge in [0.25, 0.3) is 0 Å². The molecule has 0 aromatic carbocycles. The molecule has 1 amide bonds. The summed E-state index contributed by atoms with van der Waals surface area (Å²) in [4.78, 5) is 15.7. The number of ether oxygens (including phenoxy) is 1. The highest BCUT2D eigenvalue weighted by Gasteiger charge is 2.28. The van der Waals surface area contributed by atoms with Crippen LogP contribution in [0.4, 0.5) is 0 Å². The second-order valence-corrected chi connectivity index (χ2v) is 4.89. The molecule has 0 saturated carbocycles. The largest absolute Gasteiger partial charge is 0.378 e. The first-order chi connectivity index (χ1) is 8.59. The Morgan fingerprint density at radius 1 is 1.56 bits per heavy atom. The van der Waals surface area contributed by atoms with Crippen LogP contribution >= 0.6 is 0 Å². The van der Waals surface area contributed by atoms with Gasteiger partial charge >= 0.3 is 0 Å². The van der Waals surface area contributed by atoms with Crippen molar-refractivity contribution >= 4 is 5.91 Å². The van der Waals surface area contributed by atoms with Gasteiger partial charge in [0.05, 0.1) is 25.8 Å². The minimum atomic E-state index is 0.135. The Bertz CT molecular complexity index is 414. The number of amides is 1. The van der Waals surface area contributed by atoms with E-state index in [9.17, 15) is 4.79 Å². The fourth-order valence-corrected chi connectivity index (χ4v) is 2.24. The van der Waals surface area contributed by atoms with E-state index in [1.807, 2.05) is 19.3 Å². The maximum atomic E-state index is 11.8. The number of aromatic nitrogens is 1. The van der Waals surface area contributed by atoms with Crippen LogP contribution in [0, 0.1) is 0 Å². The molecule has 0 unspecified atom stereocenters. The topological polar surface area (TPSA) is 37.7 Å². The van der Waals surface area contributed by atoms with Crippen molar-refractivity contribution in [2.45, 2.75) is 6.04 Å². The standard InChI is InChI=1S/C13H21N3O2/c1-14(2)13(17)9-16-7-8-18-10-12(16)11-5-4-6-15(11)3/h4-6,12H,7-10H2,1-3H3/t12-/m0/s1. The highest BCUT2D eigenvalue weighted by molar-refractivity contribution is 5.77. The summed E-state index contributed by atoms with van der Waals surface area (Å²) < 4.78 is 7.64. The molecule has 0 N–H and O–H groups in total. The molecular formula is C13H21N3O2. The molecule has 1 saturated heterocycles. The quantitative estimate of drug-likeness (QED) is 0.784. The first-order valence-corrected chi connectivity index (χ1v) is 6.23. The van der Waals surface area contributed by atoms with E-state index in [2.05, 4.69) is 15.5 Å². The highest BCUT2D eigenvalue weighted by atomic mass is 16.5. The molecule has 1 aliphatic heterocycles. The first kappa shape index (κ1) is 13.1. The summed E-state index contributed by atoms with van der Waals surface area (Å²) in [5, 5.41) is 0. The molecule has 5 nitrogen and oxygen atoms in total. The van der Waals surface area contributed by atoms with E-state index in [1.165, 1.54) is 5.69 Å². The zero-order chi connectivity index (χ0) is 13.1. The van der Waals surface area contributed by atoms with Crippen molar-refractivity contribution < 1.29 is 9.53 Å². The van der Waals surface area contributed by atoms with E-state index in [4.69, 9.17) is 4.74 Å². The minimum absolute atomic E-state index is 0.135. The molecule has 100 valence electrons. The molecule has 0 spiro atoms. The number of likely N-dealkylation sites (N-methyl/N-ethyl adjacent to an activating group) is 1. The summed E-state index contributed by atoms with van der Waals surface area (Å²) in [6, 6.07) is 4.28. The third-order valence-electron chi connectivity index (χ3n) is 3.40. The first-order valence-electron chi connectivity index (χ1n) is 6.23. The zero-order valence-electron chi connectivity index (χ0n) is 11.3. The number of hydrogen-bond acceptors (Lipinski definition) is 3. The van der Waals surface area contributed by atoms with E-state index >= 15 is 0 Å². The van der Waals surface area contributed by atoms with Crippen molar-refractivity contribution in [2.24, 2.45) is 7.05 Å². The van der Waals surface area contributed by atoms with E-state index in [1.54, 1.807) is 19.0 Å². The van der Waals surface area contributed by atoms with Crippen LogP contribution in [0.15, 0.2) is 18.3 Å². The molecule has 0 bridgehead atoms. The van der Waals surface area contributed by atoms with Crippen molar-refractivity contribution in [1.29, 1.82) is 0 Å². The fraction of sp³-hybridized carbons (Fsp3) is 0.615. The average molecular weight is 251 g/mol. The van der Waals surface area contributed by atoms with Gasteiger partial charge in [0, 0.05) is 39.6 Å². The maximum absolute atomic E-state index is 11.8. The van der Waals surface area contributed by atoms with Crippen molar-refractivity contribution in [2.75, 3.05) is 40.4 Å². The number of carbonyl (C=O) groups excluding carboxylic acids is 1. The number of rotatable bonds is 3. The average Bonchev–Trinajstić information content (AvgIpc) is 2.76. The Morgan fingerprint density at radius 3 is 2.94 bits per heavy atom. The van der Waals surface area contributed by atoms with E-state index in [0.717, 1.165) is 6.54 Å². The summed E-state index contributed by atoms with van der Waals surface area (Å²) in [6.07, 6.45) is 2.02. The molecule has 1 aromatic rings. The van der Waals surface area contributed by atoms with Gasteiger partial charge < -0.3 is 14.2 Å². The predicted molar refractivity (Wildman–Crippen MR) is 69.2 cm³/mol. The SMILES string of the molecule is CN(C)C(=O)CN1CCOC[C@H]1c1cccn1C. The van der Waals surface area contributed by atoms with Gasteiger partial charge in [-0.15, -0.1) is 0 Å². The molecule has 5 heteroatoms. The molecule has 18 heavy (non-hydrogen) atoms. The smallest absolute Gasteiger partial charge is 0.236 e. The van der Waals surface area contributed by atoms with Crippen LogP contribution in [0.3, 0.4) is 0 Å². The van der Waals surface area contributed by atoms with Crippen LogP contribution in [-0.2, 0) is 16.6 Å². The normalized spacial score (nSPS) is 20.9. The summed E-state index contributed by atoms with van der Waals surface area (Å²) in [7, 11) is 5.61. The monoisotopic (exact) mass is 251 g/mol. The van der Waals surface area contributed by atoms with Crippen LogP contribution in [0.25, 0.3) is 0 Å². The number of hydrogen-bond donors (Lipinski definition) is 0. The van der Waals surface area contributed by atoms with Crippen LogP contribution in [0.5, 0.6) is 0 Å². The van der Waals surface area contributed by atoms with Gasteiger partial charge in [-0.05, 0) is 12.1 Å². The van der Waals surface area contributed by atoms with E-state index in [0.29, 0.717) is 19.8 Å². The van der Waals surface area contributed by atoms with Gasteiger partial charge in [-0.25, -0.2) is 0 Å². The van der Waals surface area contributed by atoms with Crippen molar-refractivity contribution in [3.8, 4) is 0 Å². The number of carbonyl (C=O) groups is 1. The zero-order valence-corrected chi connectivity index (χ0v) is 11.3. The van der Waals surface area contributed by atoms with Crippen LogP contribution in [0.1, 0.15) is 11.7 Å².